The second kappa shape index (κ2) is 11.9. The highest BCUT2D eigenvalue weighted by Crippen LogP contribution is 2.39. The average molecular weight is 657 g/mol. The van der Waals surface area contributed by atoms with Gasteiger partial charge in [0, 0.05) is 54.8 Å². The fraction of sp³-hybridized carbons (Fsp3) is 0.242. The number of piperidine rings is 1. The van der Waals surface area contributed by atoms with Crippen LogP contribution in [0.4, 0.5) is 19.0 Å². The van der Waals surface area contributed by atoms with Gasteiger partial charge in [0.25, 0.3) is 17.6 Å². The number of hydrogen-bond donors (Lipinski definition) is 2. The Morgan fingerprint density at radius 2 is 1.75 bits per heavy atom. The Bertz CT molecular complexity index is 1930. The monoisotopic (exact) mass is 656 g/mol. The van der Waals surface area contributed by atoms with Crippen molar-refractivity contribution in [3.05, 3.63) is 113 Å². The molecule has 0 bridgehead atoms. The summed E-state index contributed by atoms with van der Waals surface area (Å²) in [5.74, 6) is 6.07. The van der Waals surface area contributed by atoms with E-state index in [2.05, 4.69) is 20.3 Å². The number of halogens is 3. The highest BCUT2D eigenvalue weighted by molar-refractivity contribution is 6.05. The predicted molar refractivity (Wildman–Crippen MR) is 168 cm³/mol. The van der Waals surface area contributed by atoms with E-state index in [1.165, 1.54) is 12.1 Å². The first-order valence-electron chi connectivity index (χ1n) is 15.2. The first-order chi connectivity index (χ1) is 23.0. The molecule has 0 spiro atoms. The third kappa shape index (κ3) is 5.66. The molecule has 2 aromatic heterocycles. The molecule has 0 aliphatic carbocycles. The van der Waals surface area contributed by atoms with E-state index in [4.69, 9.17) is 10.8 Å². The number of piperazine rings is 1. The zero-order chi connectivity index (χ0) is 33.6. The Balaban J connectivity index is 1.08. The van der Waals surface area contributed by atoms with Gasteiger partial charge < -0.3 is 15.1 Å². The molecule has 6 heterocycles. The van der Waals surface area contributed by atoms with Gasteiger partial charge in [-0.2, -0.15) is 24.0 Å². The number of carbonyl (C=O) groups is 3. The van der Waals surface area contributed by atoms with Crippen molar-refractivity contribution in [2.24, 2.45) is 21.7 Å². The Labute approximate surface area is 272 Å². The summed E-state index contributed by atoms with van der Waals surface area (Å²) in [5.41, 5.74) is 1.75. The predicted octanol–water partition coefficient (Wildman–Crippen LogP) is 3.73. The number of aromatic nitrogens is 2. The van der Waals surface area contributed by atoms with E-state index in [0.717, 1.165) is 18.3 Å². The molecule has 3 aromatic rings. The summed E-state index contributed by atoms with van der Waals surface area (Å²) in [6, 6.07) is 11.1. The molecule has 4 aliphatic rings. The van der Waals surface area contributed by atoms with Gasteiger partial charge in [-0.25, -0.2) is 4.98 Å². The molecule has 2 saturated heterocycles. The van der Waals surface area contributed by atoms with Crippen LogP contribution in [0.15, 0.2) is 101 Å². The van der Waals surface area contributed by atoms with E-state index >= 15 is 0 Å². The van der Waals surface area contributed by atoms with E-state index < -0.39 is 17.6 Å². The lowest BCUT2D eigenvalue weighted by Gasteiger charge is -2.45. The SMILES string of the molecule is N[N+]12C=CN=CC1=C([C@@H]1CC[C@H]3CN(C(=O)c4ccncc4)CC(=O)N3C1)N=C2c1ccc(C(=O)Nc2cc(C(F)(F)F)ccn2)cc1. The number of nitrogens with two attached hydrogens (primary N) is 1. The highest BCUT2D eigenvalue weighted by atomic mass is 19.4. The van der Waals surface area contributed by atoms with Crippen molar-refractivity contribution >= 4 is 35.6 Å². The Kier molecular flexibility index (Phi) is 7.72. The number of alkyl halides is 3. The lowest BCUT2D eigenvalue weighted by atomic mass is 9.88. The van der Waals surface area contributed by atoms with Crippen LogP contribution in [0.1, 0.15) is 44.7 Å². The first kappa shape index (κ1) is 31.1. The summed E-state index contributed by atoms with van der Waals surface area (Å²) in [6.07, 6.45) is 5.82. The molecule has 0 saturated carbocycles. The van der Waals surface area contributed by atoms with Crippen LogP contribution in [0.25, 0.3) is 0 Å². The minimum absolute atomic E-state index is 0.0182. The second-order valence-corrected chi connectivity index (χ2v) is 11.9. The summed E-state index contributed by atoms with van der Waals surface area (Å²) in [5, 5.41) is 2.40. The third-order valence-electron chi connectivity index (χ3n) is 8.94. The fourth-order valence-corrected chi connectivity index (χ4v) is 6.49. The van der Waals surface area contributed by atoms with E-state index in [0.29, 0.717) is 54.3 Å². The number of hydrogen-bond acceptors (Lipinski definition) is 8. The third-order valence-corrected chi connectivity index (χ3v) is 8.94. The number of allylic oxidation sites excluding steroid dienone is 1. The molecule has 2 fully saturated rings. The van der Waals surface area contributed by atoms with Gasteiger partial charge in [-0.3, -0.25) is 24.4 Å². The number of benzene rings is 1. The molecule has 4 aliphatic heterocycles. The average Bonchev–Trinajstić information content (AvgIpc) is 3.41. The lowest BCUT2D eigenvalue weighted by Crippen LogP contribution is -2.60. The summed E-state index contributed by atoms with van der Waals surface area (Å²) >= 11 is 0. The van der Waals surface area contributed by atoms with E-state index in [9.17, 15) is 27.6 Å². The van der Waals surface area contributed by atoms with Crippen LogP contribution in [0.2, 0.25) is 0 Å². The van der Waals surface area contributed by atoms with Crippen molar-refractivity contribution in [3.8, 4) is 0 Å². The standard InChI is InChI=1S/C33H28F3N9O3/c34-33(35,36)24-9-12-40-27(15-24)41-31(47)21-3-1-20(2-4-21)30-42-29(26-16-39-13-14-45(26,30)37)23-5-6-25-18-43(19-28(46)44(25)17-23)32(48)22-7-10-38-11-8-22/h1-4,7-16,23,25H,5-6,17-19,37H2/p+1/t23-,25+,45?/m1/s1. The van der Waals surface area contributed by atoms with Crippen LogP contribution in [0.5, 0.6) is 0 Å². The lowest BCUT2D eigenvalue weighted by molar-refractivity contribution is -0.750. The smallest absolute Gasteiger partial charge is 0.336 e. The van der Waals surface area contributed by atoms with Crippen LogP contribution in [-0.4, -0.2) is 79.8 Å². The zero-order valence-electron chi connectivity index (χ0n) is 25.3. The Hall–Kier alpha value is -5.54. The van der Waals surface area contributed by atoms with Crippen molar-refractivity contribution in [2.45, 2.75) is 25.1 Å². The number of fused-ring (bicyclic) bond motifs is 2. The van der Waals surface area contributed by atoms with Gasteiger partial charge in [-0.1, -0.05) is 0 Å². The minimum Gasteiger partial charge on any atom is -0.336 e. The molecule has 7 rings (SSSR count). The molecular weight excluding hydrogens is 627 g/mol. The number of pyridine rings is 2. The molecule has 244 valence electrons. The summed E-state index contributed by atoms with van der Waals surface area (Å²) in [6.45, 7) is 0.831. The van der Waals surface area contributed by atoms with Crippen molar-refractivity contribution in [1.82, 2.24) is 19.8 Å². The maximum atomic E-state index is 13.3. The molecular formula is C33H29F3N9O3+. The number of rotatable bonds is 5. The number of nitrogens with zero attached hydrogens (tertiary/aromatic N) is 7. The Morgan fingerprint density at radius 1 is 0.979 bits per heavy atom. The number of anilines is 1. The normalized spacial score (nSPS) is 23.5. The van der Waals surface area contributed by atoms with Crippen molar-refractivity contribution in [1.29, 1.82) is 0 Å². The number of aliphatic imine (C=N–C) groups is 2. The van der Waals surface area contributed by atoms with Gasteiger partial charge in [0.1, 0.15) is 24.3 Å². The van der Waals surface area contributed by atoms with Crippen LogP contribution in [0.3, 0.4) is 0 Å². The van der Waals surface area contributed by atoms with Crippen LogP contribution in [0, 0.1) is 5.92 Å². The summed E-state index contributed by atoms with van der Waals surface area (Å²) in [7, 11) is 0. The highest BCUT2D eigenvalue weighted by Gasteiger charge is 2.48. The first-order valence-corrected chi connectivity index (χ1v) is 15.2. The Morgan fingerprint density at radius 3 is 2.50 bits per heavy atom. The maximum Gasteiger partial charge on any atom is 0.416 e. The van der Waals surface area contributed by atoms with Gasteiger partial charge >= 0.3 is 6.18 Å². The molecule has 3 amide bonds. The van der Waals surface area contributed by atoms with Crippen molar-refractivity contribution in [3.63, 3.8) is 0 Å². The topological polar surface area (TPSA) is 146 Å². The molecule has 3 atom stereocenters. The van der Waals surface area contributed by atoms with Crippen LogP contribution < -0.4 is 11.2 Å². The van der Waals surface area contributed by atoms with Gasteiger partial charge in [0.15, 0.2) is 0 Å². The number of carbonyl (C=O) groups excluding carboxylic acids is 3. The van der Waals surface area contributed by atoms with Gasteiger partial charge in [-0.05, 0) is 61.4 Å². The van der Waals surface area contributed by atoms with Gasteiger partial charge in [-0.15, -0.1) is 4.59 Å². The van der Waals surface area contributed by atoms with Gasteiger partial charge in [0.05, 0.1) is 23.5 Å². The molecule has 12 nitrogen and oxygen atoms in total. The number of quaternary nitrogens is 1. The van der Waals surface area contributed by atoms with Crippen LogP contribution in [-0.2, 0) is 11.0 Å². The fourth-order valence-electron chi connectivity index (χ4n) is 6.49. The van der Waals surface area contributed by atoms with E-state index in [1.807, 2.05) is 4.90 Å². The van der Waals surface area contributed by atoms with E-state index in [1.54, 1.807) is 60.2 Å². The molecule has 3 N–H and O–H groups in total. The van der Waals surface area contributed by atoms with E-state index in [-0.39, 0.29) is 46.3 Å². The van der Waals surface area contributed by atoms with Crippen molar-refractivity contribution in [2.75, 3.05) is 25.0 Å². The second-order valence-electron chi connectivity index (χ2n) is 11.9. The van der Waals surface area contributed by atoms with Crippen LogP contribution >= 0.6 is 0 Å². The summed E-state index contributed by atoms with van der Waals surface area (Å²) < 4.78 is 39.0. The quantitative estimate of drug-likeness (QED) is 0.316. The minimum atomic E-state index is -4.57. The molecule has 1 unspecified atom stereocenters. The molecule has 1 aromatic carbocycles. The van der Waals surface area contributed by atoms with Crippen molar-refractivity contribution < 1.29 is 32.1 Å². The molecule has 0 radical (unpaired) electrons. The number of amidine groups is 1. The maximum absolute atomic E-state index is 13.3. The number of nitrogens with one attached hydrogen (secondary N) is 1. The number of amides is 3. The zero-order valence-corrected chi connectivity index (χ0v) is 25.3. The summed E-state index contributed by atoms with van der Waals surface area (Å²) in [4.78, 5) is 59.7. The van der Waals surface area contributed by atoms with Gasteiger partial charge in [0.2, 0.25) is 11.6 Å². The molecule has 48 heavy (non-hydrogen) atoms. The largest absolute Gasteiger partial charge is 0.416 e. The molecule has 15 heteroatoms.